The van der Waals surface area contributed by atoms with Gasteiger partial charge in [-0.2, -0.15) is 0 Å². The van der Waals surface area contributed by atoms with Crippen molar-refractivity contribution >= 4 is 29.3 Å². The van der Waals surface area contributed by atoms with E-state index in [1.54, 1.807) is 12.1 Å². The van der Waals surface area contributed by atoms with Crippen LogP contribution in [0.3, 0.4) is 0 Å². The molecule has 1 N–H and O–H groups in total. The van der Waals surface area contributed by atoms with Gasteiger partial charge in [0, 0.05) is 34.1 Å². The summed E-state index contributed by atoms with van der Waals surface area (Å²) in [7, 11) is 0. The maximum Gasteiger partial charge on any atom is 0.407 e. The lowest BCUT2D eigenvalue weighted by molar-refractivity contribution is 0.113. The topological polar surface area (TPSA) is 49.8 Å². The first-order chi connectivity index (χ1) is 14.0. The Hall–Kier alpha value is -2.69. The predicted octanol–water partition coefficient (Wildman–Crippen LogP) is 6.14. The lowest BCUT2D eigenvalue weighted by Gasteiger charge is -2.23. The van der Waals surface area contributed by atoms with Crippen molar-refractivity contribution in [1.82, 2.24) is 4.90 Å². The van der Waals surface area contributed by atoms with Gasteiger partial charge in [0.2, 0.25) is 0 Å². The molecule has 1 atom stereocenters. The van der Waals surface area contributed by atoms with Crippen LogP contribution >= 0.6 is 23.2 Å². The summed E-state index contributed by atoms with van der Waals surface area (Å²) in [4.78, 5) is 13.2. The zero-order valence-electron chi connectivity index (χ0n) is 15.5. The van der Waals surface area contributed by atoms with Crippen molar-refractivity contribution in [3.05, 3.63) is 87.9 Å². The number of amides is 1. The average Bonchev–Trinajstić information content (AvgIpc) is 3.13. The number of hydrogen-bond donors (Lipinski definition) is 1. The SMILES string of the molecule is O=C(O)N(Cc1ccccc1)CC1Cc2cccc(-c3cc(Cl)ccc3Cl)c2O1. The van der Waals surface area contributed by atoms with E-state index in [9.17, 15) is 9.90 Å². The molecular weight excluding hydrogens is 409 g/mol. The minimum atomic E-state index is -0.966. The summed E-state index contributed by atoms with van der Waals surface area (Å²) in [5.74, 6) is 0.742. The maximum atomic E-state index is 11.8. The Labute approximate surface area is 179 Å². The largest absolute Gasteiger partial charge is 0.487 e. The maximum absolute atomic E-state index is 11.8. The van der Waals surface area contributed by atoms with Crippen molar-refractivity contribution in [3.63, 3.8) is 0 Å². The van der Waals surface area contributed by atoms with Crippen LogP contribution in [0.15, 0.2) is 66.7 Å². The van der Waals surface area contributed by atoms with Crippen molar-refractivity contribution < 1.29 is 14.6 Å². The summed E-state index contributed by atoms with van der Waals surface area (Å²) in [5, 5.41) is 10.8. The molecule has 0 bridgehead atoms. The van der Waals surface area contributed by atoms with E-state index in [-0.39, 0.29) is 12.6 Å². The van der Waals surface area contributed by atoms with E-state index in [2.05, 4.69) is 0 Å². The number of carbonyl (C=O) groups is 1. The highest BCUT2D eigenvalue weighted by atomic mass is 35.5. The van der Waals surface area contributed by atoms with Gasteiger partial charge in [-0.15, -0.1) is 0 Å². The number of nitrogens with zero attached hydrogens (tertiary/aromatic N) is 1. The first-order valence-electron chi connectivity index (χ1n) is 9.27. The van der Waals surface area contributed by atoms with Crippen LogP contribution in [0.4, 0.5) is 4.79 Å². The molecule has 0 aromatic heterocycles. The molecule has 6 heteroatoms. The first kappa shape index (κ1) is 19.6. The monoisotopic (exact) mass is 427 g/mol. The molecular formula is C23H19Cl2NO3. The van der Waals surface area contributed by atoms with Crippen LogP contribution in [-0.2, 0) is 13.0 Å². The summed E-state index contributed by atoms with van der Waals surface area (Å²) in [6.07, 6.45) is -0.588. The predicted molar refractivity (Wildman–Crippen MR) is 115 cm³/mol. The fraction of sp³-hybridized carbons (Fsp3) is 0.174. The molecule has 3 aromatic rings. The van der Waals surface area contributed by atoms with Crippen LogP contribution in [-0.4, -0.2) is 28.7 Å². The van der Waals surface area contributed by atoms with Gasteiger partial charge in [-0.1, -0.05) is 71.7 Å². The summed E-state index contributed by atoms with van der Waals surface area (Å²) in [5.41, 5.74) is 3.64. The Balaban J connectivity index is 1.56. The summed E-state index contributed by atoms with van der Waals surface area (Å²) in [6.45, 7) is 0.598. The number of hydrogen-bond acceptors (Lipinski definition) is 2. The highest BCUT2D eigenvalue weighted by Crippen LogP contribution is 2.42. The molecule has 1 unspecified atom stereocenters. The summed E-state index contributed by atoms with van der Waals surface area (Å²) >= 11 is 12.5. The number of carboxylic acid groups (broad SMARTS) is 1. The molecule has 1 aliphatic heterocycles. The second-order valence-corrected chi connectivity index (χ2v) is 7.85. The third-order valence-corrected chi connectivity index (χ3v) is 5.52. The molecule has 1 amide bonds. The molecule has 3 aromatic carbocycles. The Morgan fingerprint density at radius 1 is 1.03 bits per heavy atom. The third-order valence-electron chi connectivity index (χ3n) is 4.96. The van der Waals surface area contributed by atoms with Crippen LogP contribution in [0, 0.1) is 0 Å². The molecule has 4 nitrogen and oxygen atoms in total. The minimum absolute atomic E-state index is 0.260. The fourth-order valence-electron chi connectivity index (χ4n) is 3.62. The second-order valence-electron chi connectivity index (χ2n) is 7.01. The van der Waals surface area contributed by atoms with E-state index in [4.69, 9.17) is 27.9 Å². The van der Waals surface area contributed by atoms with Gasteiger partial charge in [-0.3, -0.25) is 0 Å². The molecule has 148 valence electrons. The normalized spacial score (nSPS) is 14.9. The van der Waals surface area contributed by atoms with Gasteiger partial charge in [0.15, 0.2) is 0 Å². The van der Waals surface area contributed by atoms with Crippen molar-refractivity contribution in [3.8, 4) is 16.9 Å². The van der Waals surface area contributed by atoms with E-state index < -0.39 is 6.09 Å². The van der Waals surface area contributed by atoms with Gasteiger partial charge in [0.1, 0.15) is 11.9 Å². The van der Waals surface area contributed by atoms with Gasteiger partial charge in [0.05, 0.1) is 6.54 Å². The number of para-hydroxylation sites is 1. The van der Waals surface area contributed by atoms with Gasteiger partial charge in [0.25, 0.3) is 0 Å². The molecule has 1 heterocycles. The van der Waals surface area contributed by atoms with E-state index in [0.717, 1.165) is 28.0 Å². The quantitative estimate of drug-likeness (QED) is 0.531. The Bertz CT molecular complexity index is 1040. The number of benzene rings is 3. The van der Waals surface area contributed by atoms with Gasteiger partial charge in [-0.25, -0.2) is 4.79 Å². The van der Waals surface area contributed by atoms with Gasteiger partial charge in [-0.05, 0) is 29.3 Å². The Morgan fingerprint density at radius 2 is 1.83 bits per heavy atom. The van der Waals surface area contributed by atoms with Crippen LogP contribution in [0.25, 0.3) is 11.1 Å². The average molecular weight is 428 g/mol. The van der Waals surface area contributed by atoms with E-state index >= 15 is 0 Å². The molecule has 0 spiro atoms. The summed E-state index contributed by atoms with van der Waals surface area (Å²) in [6, 6.07) is 20.8. The zero-order chi connectivity index (χ0) is 20.4. The first-order valence-corrected chi connectivity index (χ1v) is 10.0. The van der Waals surface area contributed by atoms with Crippen molar-refractivity contribution in [2.75, 3.05) is 6.54 Å². The van der Waals surface area contributed by atoms with E-state index in [1.807, 2.05) is 54.6 Å². The number of ether oxygens (including phenoxy) is 1. The molecule has 0 saturated heterocycles. The van der Waals surface area contributed by atoms with E-state index in [0.29, 0.717) is 23.0 Å². The lowest BCUT2D eigenvalue weighted by Crippen LogP contribution is -2.37. The highest BCUT2D eigenvalue weighted by Gasteiger charge is 2.29. The molecule has 0 radical (unpaired) electrons. The molecule has 29 heavy (non-hydrogen) atoms. The van der Waals surface area contributed by atoms with Crippen LogP contribution in [0.1, 0.15) is 11.1 Å². The number of fused-ring (bicyclic) bond motifs is 1. The zero-order valence-corrected chi connectivity index (χ0v) is 17.0. The number of rotatable bonds is 5. The van der Waals surface area contributed by atoms with Gasteiger partial charge < -0.3 is 14.7 Å². The van der Waals surface area contributed by atoms with Crippen molar-refractivity contribution in [1.29, 1.82) is 0 Å². The molecule has 0 saturated carbocycles. The smallest absolute Gasteiger partial charge is 0.407 e. The molecule has 4 rings (SSSR count). The third kappa shape index (κ3) is 4.34. The van der Waals surface area contributed by atoms with Crippen molar-refractivity contribution in [2.45, 2.75) is 19.1 Å². The molecule has 1 aliphatic rings. The fourth-order valence-corrected chi connectivity index (χ4v) is 4.01. The molecule has 0 fully saturated rings. The second kappa shape index (κ2) is 8.36. The standard InChI is InChI=1S/C23H19Cl2NO3/c24-17-9-10-21(25)20(12-17)19-8-4-7-16-11-18(29-22(16)19)14-26(23(27)28)13-15-5-2-1-3-6-15/h1-10,12,18H,11,13-14H2,(H,27,28). The number of halogens is 2. The van der Waals surface area contributed by atoms with Gasteiger partial charge >= 0.3 is 6.09 Å². The highest BCUT2D eigenvalue weighted by molar-refractivity contribution is 6.35. The van der Waals surface area contributed by atoms with Crippen LogP contribution in [0.2, 0.25) is 10.0 Å². The van der Waals surface area contributed by atoms with E-state index in [1.165, 1.54) is 4.90 Å². The molecule has 0 aliphatic carbocycles. The summed E-state index contributed by atoms with van der Waals surface area (Å²) < 4.78 is 6.20. The lowest BCUT2D eigenvalue weighted by atomic mass is 10.0. The van der Waals surface area contributed by atoms with Crippen molar-refractivity contribution in [2.24, 2.45) is 0 Å². The Morgan fingerprint density at radius 3 is 2.59 bits per heavy atom. The Kier molecular flexibility index (Phi) is 5.65. The minimum Gasteiger partial charge on any atom is -0.487 e. The van der Waals surface area contributed by atoms with Crippen LogP contribution in [0.5, 0.6) is 5.75 Å². The van der Waals surface area contributed by atoms with Crippen LogP contribution < -0.4 is 4.74 Å².